The molecule has 2 N–H and O–H groups in total. The number of thioether (sulfide) groups is 1. The van der Waals surface area contributed by atoms with Gasteiger partial charge in [0.15, 0.2) is 0 Å². The summed E-state index contributed by atoms with van der Waals surface area (Å²) in [6.07, 6.45) is 1.65. The normalized spacial score (nSPS) is 17.4. The number of carbonyl (C=O) groups is 2. The van der Waals surface area contributed by atoms with Gasteiger partial charge in [-0.25, -0.2) is 5.48 Å². The number of hydroxylamine groups is 1. The van der Waals surface area contributed by atoms with Crippen molar-refractivity contribution in [2.75, 3.05) is 6.54 Å². The number of nitrogens with one attached hydrogen (secondary N) is 1. The minimum Gasteiger partial charge on any atom is -0.326 e. The summed E-state index contributed by atoms with van der Waals surface area (Å²) in [6.45, 7) is 3.74. The summed E-state index contributed by atoms with van der Waals surface area (Å²) in [5.74, 6) is -1.29. The highest BCUT2D eigenvalue weighted by molar-refractivity contribution is 8.00. The van der Waals surface area contributed by atoms with Gasteiger partial charge in [-0.3, -0.25) is 14.8 Å². The highest BCUT2D eigenvalue weighted by atomic mass is 32.2. The van der Waals surface area contributed by atoms with Crippen molar-refractivity contribution >= 4 is 29.7 Å². The van der Waals surface area contributed by atoms with Gasteiger partial charge in [-0.15, -0.1) is 0 Å². The number of hydrogen-bond acceptors (Lipinski definition) is 4. The van der Waals surface area contributed by atoms with Crippen molar-refractivity contribution in [2.45, 2.75) is 22.9 Å². The van der Waals surface area contributed by atoms with Crippen LogP contribution in [0.2, 0.25) is 0 Å². The molecule has 0 saturated carbocycles. The Hall–Kier alpha value is -2.00. The second-order valence-electron chi connectivity index (χ2n) is 4.78. The van der Waals surface area contributed by atoms with Crippen molar-refractivity contribution in [2.24, 2.45) is 0 Å². The Balaban J connectivity index is 2.26. The van der Waals surface area contributed by atoms with E-state index in [0.717, 1.165) is 6.07 Å². The third kappa shape index (κ3) is 3.85. The van der Waals surface area contributed by atoms with E-state index < -0.39 is 23.4 Å². The zero-order valence-corrected chi connectivity index (χ0v) is 12.6. The van der Waals surface area contributed by atoms with Gasteiger partial charge in [0, 0.05) is 17.0 Å². The predicted molar refractivity (Wildman–Crippen MR) is 77.8 cm³/mol. The van der Waals surface area contributed by atoms with E-state index >= 15 is 0 Å². The zero-order valence-electron chi connectivity index (χ0n) is 11.8. The molecule has 1 fully saturated rings. The molecule has 9 heteroatoms. The number of rotatable bonds is 4. The topological polar surface area (TPSA) is 69.6 Å². The molecule has 0 radical (unpaired) electrons. The van der Waals surface area contributed by atoms with E-state index in [9.17, 15) is 22.8 Å². The predicted octanol–water partition coefficient (Wildman–Crippen LogP) is 2.66. The van der Waals surface area contributed by atoms with Gasteiger partial charge < -0.3 is 4.90 Å². The Morgan fingerprint density at radius 1 is 1.43 bits per heavy atom. The molecular formula is C14H13F3N2O3S. The highest BCUT2D eigenvalue weighted by Gasteiger charge is 2.38. The lowest BCUT2D eigenvalue weighted by atomic mass is 10.00. The molecule has 2 amide bonds. The van der Waals surface area contributed by atoms with E-state index in [0.29, 0.717) is 13.0 Å². The molecule has 2 rings (SSSR count). The van der Waals surface area contributed by atoms with E-state index in [-0.39, 0.29) is 27.8 Å². The van der Waals surface area contributed by atoms with Crippen molar-refractivity contribution < 1.29 is 28.0 Å². The fourth-order valence-electron chi connectivity index (χ4n) is 2.19. The summed E-state index contributed by atoms with van der Waals surface area (Å²) in [5, 5.41) is 8.60. The minimum absolute atomic E-state index is 0.0396. The maximum Gasteiger partial charge on any atom is 0.446 e. The van der Waals surface area contributed by atoms with E-state index in [1.807, 2.05) is 0 Å². The molecule has 1 saturated heterocycles. The summed E-state index contributed by atoms with van der Waals surface area (Å²) in [6, 6.07) is 3.07. The van der Waals surface area contributed by atoms with Gasteiger partial charge in [-0.05, 0) is 35.9 Å². The van der Waals surface area contributed by atoms with Crippen LogP contribution in [0.25, 0.3) is 6.08 Å². The molecule has 23 heavy (non-hydrogen) atoms. The molecule has 0 bridgehead atoms. The van der Waals surface area contributed by atoms with Crippen molar-refractivity contribution in [1.29, 1.82) is 0 Å². The van der Waals surface area contributed by atoms with Crippen LogP contribution >= 0.6 is 11.8 Å². The lowest BCUT2D eigenvalue weighted by molar-refractivity contribution is -0.137. The molecule has 1 aromatic rings. The van der Waals surface area contributed by atoms with E-state index in [2.05, 4.69) is 6.58 Å². The van der Waals surface area contributed by atoms with Crippen molar-refractivity contribution in [1.82, 2.24) is 10.4 Å². The second kappa shape index (κ2) is 6.63. The van der Waals surface area contributed by atoms with E-state index in [4.69, 9.17) is 5.21 Å². The second-order valence-corrected chi connectivity index (χ2v) is 5.89. The first kappa shape index (κ1) is 17.4. The number of alkyl halides is 3. The Morgan fingerprint density at radius 3 is 2.61 bits per heavy atom. The van der Waals surface area contributed by atoms with Crippen molar-refractivity contribution in [3.05, 3.63) is 35.9 Å². The van der Waals surface area contributed by atoms with Gasteiger partial charge in [0.05, 0.1) is 0 Å². The monoisotopic (exact) mass is 346 g/mol. The number of amides is 2. The summed E-state index contributed by atoms with van der Waals surface area (Å²) in [5.41, 5.74) is -2.72. The number of hydrogen-bond donors (Lipinski definition) is 2. The average molecular weight is 346 g/mol. The molecule has 1 unspecified atom stereocenters. The number of likely N-dealkylation sites (tertiary alicyclic amines) is 1. The van der Waals surface area contributed by atoms with Crippen LogP contribution in [0.15, 0.2) is 29.7 Å². The third-order valence-corrected chi connectivity index (χ3v) is 4.20. The maximum absolute atomic E-state index is 12.6. The van der Waals surface area contributed by atoms with Gasteiger partial charge >= 0.3 is 5.51 Å². The molecule has 1 heterocycles. The molecule has 0 aromatic heterocycles. The van der Waals surface area contributed by atoms with Crippen LogP contribution < -0.4 is 5.48 Å². The smallest absolute Gasteiger partial charge is 0.326 e. The van der Waals surface area contributed by atoms with Crippen LogP contribution in [-0.4, -0.2) is 40.0 Å². The molecule has 0 aliphatic carbocycles. The lowest BCUT2D eigenvalue weighted by Gasteiger charge is -2.39. The summed E-state index contributed by atoms with van der Waals surface area (Å²) < 4.78 is 37.8. The van der Waals surface area contributed by atoms with Crippen LogP contribution in [0.1, 0.15) is 22.3 Å². The molecule has 5 nitrogen and oxygen atoms in total. The van der Waals surface area contributed by atoms with Gasteiger partial charge in [-0.1, -0.05) is 18.7 Å². The Kier molecular flexibility index (Phi) is 5.00. The maximum atomic E-state index is 12.6. The Morgan fingerprint density at radius 2 is 2.13 bits per heavy atom. The number of carbonyl (C=O) groups excluding carboxylic acids is 2. The van der Waals surface area contributed by atoms with Crippen LogP contribution in [0, 0.1) is 0 Å². The van der Waals surface area contributed by atoms with Gasteiger partial charge in [0.25, 0.3) is 11.8 Å². The first-order chi connectivity index (χ1) is 10.8. The van der Waals surface area contributed by atoms with Gasteiger partial charge in [-0.2, -0.15) is 13.2 Å². The Labute approximate surface area is 134 Å². The van der Waals surface area contributed by atoms with E-state index in [1.54, 1.807) is 0 Å². The fraction of sp³-hybridized carbons (Fsp3) is 0.286. The van der Waals surface area contributed by atoms with Crippen molar-refractivity contribution in [3.63, 3.8) is 0 Å². The summed E-state index contributed by atoms with van der Waals surface area (Å²) in [4.78, 5) is 24.8. The third-order valence-electron chi connectivity index (χ3n) is 3.40. The standard InChI is InChI=1S/C14H13F3N2O3S/c1-2-8-3-4-9(7-11(8)23-14(15,16)17)13(21)19-6-5-10(19)12(20)18-22/h2-4,7,10,22H,1,5-6H2,(H,18,20). The highest BCUT2D eigenvalue weighted by Crippen LogP contribution is 2.39. The number of nitrogens with zero attached hydrogens (tertiary/aromatic N) is 1. The first-order valence-electron chi connectivity index (χ1n) is 6.54. The largest absolute Gasteiger partial charge is 0.446 e. The fourth-order valence-corrected chi connectivity index (χ4v) is 2.90. The average Bonchev–Trinajstić information content (AvgIpc) is 2.44. The quantitative estimate of drug-likeness (QED) is 0.500. The number of benzene rings is 1. The minimum atomic E-state index is -4.49. The van der Waals surface area contributed by atoms with Crippen LogP contribution in [-0.2, 0) is 4.79 Å². The van der Waals surface area contributed by atoms with Crippen molar-refractivity contribution in [3.8, 4) is 0 Å². The molecule has 124 valence electrons. The van der Waals surface area contributed by atoms with Crippen LogP contribution in [0.5, 0.6) is 0 Å². The van der Waals surface area contributed by atoms with Gasteiger partial charge in [0.1, 0.15) is 6.04 Å². The molecule has 0 spiro atoms. The SMILES string of the molecule is C=Cc1ccc(C(=O)N2CCC2C(=O)NO)cc1SC(F)(F)F. The van der Waals surface area contributed by atoms with Gasteiger partial charge in [0.2, 0.25) is 0 Å². The van der Waals surface area contributed by atoms with Crippen LogP contribution in [0.4, 0.5) is 13.2 Å². The van der Waals surface area contributed by atoms with Crippen LogP contribution in [0.3, 0.4) is 0 Å². The molecule has 1 aliphatic heterocycles. The zero-order chi connectivity index (χ0) is 17.2. The number of halogens is 3. The van der Waals surface area contributed by atoms with E-state index in [1.165, 1.54) is 28.6 Å². The molecule has 1 aliphatic rings. The molecule has 1 aromatic carbocycles. The first-order valence-corrected chi connectivity index (χ1v) is 7.35. The lowest BCUT2D eigenvalue weighted by Crippen LogP contribution is -2.57. The Bertz CT molecular complexity index is 649. The summed E-state index contributed by atoms with van der Waals surface area (Å²) >= 11 is -0.329. The summed E-state index contributed by atoms with van der Waals surface area (Å²) in [7, 11) is 0. The molecule has 1 atom stereocenters. The molecular weight excluding hydrogens is 333 g/mol.